The largest absolute Gasteiger partial charge is 0.339 e. The number of nitrogens with zero attached hydrogens (tertiary/aromatic N) is 3. The lowest BCUT2D eigenvalue weighted by molar-refractivity contribution is 0.624. The zero-order valence-electron chi connectivity index (χ0n) is 11.0. The van der Waals surface area contributed by atoms with E-state index in [1.807, 2.05) is 13.0 Å². The molecule has 0 unspecified atom stereocenters. The molecule has 1 heterocycles. The fraction of sp³-hybridized carbons (Fsp3) is 0.214. The van der Waals surface area contributed by atoms with Gasteiger partial charge < -0.3 is 5.32 Å². The van der Waals surface area contributed by atoms with Crippen LogP contribution in [0.4, 0.5) is 15.9 Å². The molecule has 1 aromatic carbocycles. The fourth-order valence-electron chi connectivity index (χ4n) is 1.68. The number of hydrogen-bond donors (Lipinski definition) is 1. The van der Waals surface area contributed by atoms with Crippen molar-refractivity contribution in [2.24, 2.45) is 0 Å². The van der Waals surface area contributed by atoms with Crippen molar-refractivity contribution in [3.05, 3.63) is 46.1 Å². The van der Waals surface area contributed by atoms with Crippen molar-refractivity contribution in [1.82, 2.24) is 9.97 Å². The summed E-state index contributed by atoms with van der Waals surface area (Å²) in [4.78, 5) is 8.44. The van der Waals surface area contributed by atoms with Crippen LogP contribution in [0.1, 0.15) is 23.9 Å². The lowest BCUT2D eigenvalue weighted by Crippen LogP contribution is -2.04. The fourth-order valence-corrected chi connectivity index (χ4v) is 1.87. The van der Waals surface area contributed by atoms with Gasteiger partial charge in [0.05, 0.1) is 5.69 Å². The topological polar surface area (TPSA) is 61.6 Å². The molecule has 1 N–H and O–H groups in total. The molecule has 0 atom stereocenters. The van der Waals surface area contributed by atoms with Crippen LogP contribution in [0.25, 0.3) is 0 Å². The van der Waals surface area contributed by atoms with E-state index >= 15 is 0 Å². The summed E-state index contributed by atoms with van der Waals surface area (Å²) in [5.74, 6) is 0.480. The number of halogens is 2. The molecule has 0 fully saturated rings. The van der Waals surface area contributed by atoms with Gasteiger partial charge >= 0.3 is 0 Å². The second kappa shape index (κ2) is 5.85. The van der Waals surface area contributed by atoms with Gasteiger partial charge in [0.15, 0.2) is 0 Å². The quantitative estimate of drug-likeness (QED) is 0.874. The zero-order chi connectivity index (χ0) is 14.7. The molecule has 0 spiro atoms. The smallest absolute Gasteiger partial charge is 0.143 e. The number of anilines is 2. The second-order valence-electron chi connectivity index (χ2n) is 4.16. The van der Waals surface area contributed by atoms with Crippen molar-refractivity contribution in [1.29, 1.82) is 5.26 Å². The molecule has 1 aromatic heterocycles. The van der Waals surface area contributed by atoms with E-state index < -0.39 is 5.82 Å². The highest BCUT2D eigenvalue weighted by Gasteiger charge is 2.12. The lowest BCUT2D eigenvalue weighted by atomic mass is 10.2. The minimum Gasteiger partial charge on any atom is -0.339 e. The Bertz CT molecular complexity index is 694. The predicted molar refractivity (Wildman–Crippen MR) is 75.6 cm³/mol. The molecule has 0 aliphatic rings. The average molecular weight is 291 g/mol. The van der Waals surface area contributed by atoms with Gasteiger partial charge in [-0.1, -0.05) is 24.6 Å². The molecule has 2 rings (SSSR count). The summed E-state index contributed by atoms with van der Waals surface area (Å²) in [5.41, 5.74) is 0.948. The van der Waals surface area contributed by atoms with Gasteiger partial charge in [-0.15, -0.1) is 0 Å². The maximum absolute atomic E-state index is 13.6. The summed E-state index contributed by atoms with van der Waals surface area (Å²) < 4.78 is 13.6. The third-order valence-corrected chi connectivity index (χ3v) is 3.20. The summed E-state index contributed by atoms with van der Waals surface area (Å²) >= 11 is 6.04. The molecule has 0 saturated carbocycles. The first-order chi connectivity index (χ1) is 9.56. The molecule has 0 radical (unpaired) electrons. The Balaban J connectivity index is 2.48. The second-order valence-corrected chi connectivity index (χ2v) is 4.52. The first-order valence-electron chi connectivity index (χ1n) is 6.05. The highest BCUT2D eigenvalue weighted by atomic mass is 35.5. The van der Waals surface area contributed by atoms with Crippen molar-refractivity contribution in [3.63, 3.8) is 0 Å². The number of rotatable bonds is 3. The minimum atomic E-state index is -0.578. The Hall–Kier alpha value is -2.19. The Labute approximate surface area is 121 Å². The van der Waals surface area contributed by atoms with Crippen LogP contribution in [0.3, 0.4) is 0 Å². The molecule has 6 heteroatoms. The van der Waals surface area contributed by atoms with Crippen LogP contribution >= 0.6 is 11.6 Å². The van der Waals surface area contributed by atoms with Gasteiger partial charge in [0.1, 0.15) is 34.2 Å². The highest BCUT2D eigenvalue weighted by molar-refractivity contribution is 6.30. The summed E-state index contributed by atoms with van der Waals surface area (Å²) in [5, 5.41) is 12.3. The van der Waals surface area contributed by atoms with Crippen LogP contribution in [0.5, 0.6) is 0 Å². The predicted octanol–water partition coefficient (Wildman–Crippen LogP) is 3.76. The zero-order valence-corrected chi connectivity index (χ0v) is 11.8. The first-order valence-corrected chi connectivity index (χ1v) is 6.43. The normalized spacial score (nSPS) is 10.2. The van der Waals surface area contributed by atoms with E-state index in [0.717, 1.165) is 0 Å². The van der Waals surface area contributed by atoms with Crippen molar-refractivity contribution >= 4 is 23.1 Å². The maximum Gasteiger partial charge on any atom is 0.143 e. The van der Waals surface area contributed by atoms with Crippen molar-refractivity contribution in [2.45, 2.75) is 20.3 Å². The summed E-state index contributed by atoms with van der Waals surface area (Å²) in [6.07, 6.45) is 0.628. The third kappa shape index (κ3) is 2.70. The molecule has 0 aliphatic carbocycles. The number of nitriles is 1. The van der Waals surface area contributed by atoms with E-state index in [1.54, 1.807) is 13.0 Å². The van der Waals surface area contributed by atoms with E-state index in [9.17, 15) is 4.39 Å². The Morgan fingerprint density at radius 1 is 1.40 bits per heavy atom. The lowest BCUT2D eigenvalue weighted by Gasteiger charge is -2.12. The first kappa shape index (κ1) is 14.2. The van der Waals surface area contributed by atoms with E-state index in [-0.39, 0.29) is 5.56 Å². The van der Waals surface area contributed by atoms with Crippen LogP contribution in [-0.2, 0) is 6.42 Å². The van der Waals surface area contributed by atoms with E-state index in [4.69, 9.17) is 16.9 Å². The highest BCUT2D eigenvalue weighted by Crippen LogP contribution is 2.26. The molecule has 0 aliphatic heterocycles. The van der Waals surface area contributed by atoms with Crippen molar-refractivity contribution < 1.29 is 4.39 Å². The van der Waals surface area contributed by atoms with Crippen LogP contribution in [0.2, 0.25) is 5.15 Å². The summed E-state index contributed by atoms with van der Waals surface area (Å²) in [6, 6.07) is 6.21. The molecule has 4 nitrogen and oxygen atoms in total. The van der Waals surface area contributed by atoms with Crippen molar-refractivity contribution in [3.8, 4) is 6.07 Å². The van der Waals surface area contributed by atoms with E-state index in [0.29, 0.717) is 34.5 Å². The van der Waals surface area contributed by atoms with Crippen LogP contribution in [-0.4, -0.2) is 9.97 Å². The van der Waals surface area contributed by atoms with Gasteiger partial charge in [-0.2, -0.15) is 5.26 Å². The minimum absolute atomic E-state index is 0.0558. The molecule has 0 amide bonds. The SMILES string of the molecule is CCc1nc(Cl)c(C)c(Nc2cccc(F)c2C#N)n1. The van der Waals surface area contributed by atoms with Crippen LogP contribution in [0, 0.1) is 24.1 Å². The van der Waals surface area contributed by atoms with E-state index in [1.165, 1.54) is 12.1 Å². The van der Waals surface area contributed by atoms with Crippen LogP contribution < -0.4 is 5.32 Å². The number of nitrogens with one attached hydrogen (secondary N) is 1. The maximum atomic E-state index is 13.6. The summed E-state index contributed by atoms with van der Waals surface area (Å²) in [7, 11) is 0. The average Bonchev–Trinajstić information content (AvgIpc) is 2.43. The number of hydrogen-bond acceptors (Lipinski definition) is 4. The number of benzene rings is 1. The number of aromatic nitrogens is 2. The molecule has 0 saturated heterocycles. The summed E-state index contributed by atoms with van der Waals surface area (Å²) in [6.45, 7) is 3.67. The van der Waals surface area contributed by atoms with Gasteiger partial charge in [0, 0.05) is 12.0 Å². The standard InChI is InChI=1S/C14H12ClFN4/c1-3-12-19-13(15)8(2)14(20-12)18-11-6-4-5-10(16)9(11)7-17/h4-6H,3H2,1-2H3,(H,18,19,20). The third-order valence-electron chi connectivity index (χ3n) is 2.83. The molecule has 2 aromatic rings. The molecule has 20 heavy (non-hydrogen) atoms. The van der Waals surface area contributed by atoms with Gasteiger partial charge in [-0.3, -0.25) is 0 Å². The molecular formula is C14H12ClFN4. The van der Waals surface area contributed by atoms with Gasteiger partial charge in [0.25, 0.3) is 0 Å². The molecule has 102 valence electrons. The van der Waals surface area contributed by atoms with E-state index in [2.05, 4.69) is 15.3 Å². The Morgan fingerprint density at radius 2 is 2.15 bits per heavy atom. The van der Waals surface area contributed by atoms with Gasteiger partial charge in [-0.25, -0.2) is 14.4 Å². The van der Waals surface area contributed by atoms with Gasteiger partial charge in [-0.05, 0) is 19.1 Å². The Morgan fingerprint density at radius 3 is 2.80 bits per heavy atom. The van der Waals surface area contributed by atoms with Gasteiger partial charge in [0.2, 0.25) is 0 Å². The van der Waals surface area contributed by atoms with Crippen molar-refractivity contribution in [2.75, 3.05) is 5.32 Å². The monoisotopic (exact) mass is 290 g/mol. The van der Waals surface area contributed by atoms with Crippen LogP contribution in [0.15, 0.2) is 18.2 Å². The molecular weight excluding hydrogens is 279 g/mol. The molecule has 0 bridgehead atoms. The number of aryl methyl sites for hydroxylation is 1. The Kier molecular flexibility index (Phi) is 4.16.